The van der Waals surface area contributed by atoms with Crippen molar-refractivity contribution in [2.45, 2.75) is 29.8 Å². The van der Waals surface area contributed by atoms with Gasteiger partial charge in [-0.1, -0.05) is 0 Å². The van der Waals surface area contributed by atoms with E-state index >= 15 is 0 Å². The molecule has 2 fully saturated rings. The van der Waals surface area contributed by atoms with Crippen molar-refractivity contribution in [3.63, 3.8) is 0 Å². The molecule has 0 unspecified atom stereocenters. The zero-order chi connectivity index (χ0) is 10.2. The number of hydrogen-bond donors (Lipinski definition) is 1. The number of carboxylic acids is 1. The third-order valence-corrected chi connectivity index (χ3v) is 7.20. The molecule has 0 aromatic carbocycles. The van der Waals surface area contributed by atoms with E-state index in [2.05, 4.69) is 0 Å². The Kier molecular flexibility index (Phi) is 2.88. The molecular formula is C9H14O3S2. The molecule has 0 amide bonds. The largest absolute Gasteiger partial charge is 0.481 e. The molecule has 0 aromatic heterocycles. The molecule has 1 spiro atoms. The van der Waals surface area contributed by atoms with Crippen molar-refractivity contribution < 1.29 is 14.1 Å². The number of carboxylic acid groups (broad SMARTS) is 1. The van der Waals surface area contributed by atoms with E-state index in [1.807, 2.05) is 0 Å². The first-order chi connectivity index (χ1) is 6.64. The van der Waals surface area contributed by atoms with Crippen molar-refractivity contribution >= 4 is 28.5 Å². The number of carbonyl (C=O) groups is 1. The minimum absolute atomic E-state index is 0.207. The standard InChI is InChI=1S/C9H14O3S2/c10-8(11)7-2-3-9(6-7)13-4-1-5-14(9)12/h7H,1-6H2,(H,10,11)/t7-,9+,14-/m0/s1. The predicted octanol–water partition coefficient (Wildman–Crippen LogP) is 1.45. The Morgan fingerprint density at radius 1 is 1.57 bits per heavy atom. The van der Waals surface area contributed by atoms with Gasteiger partial charge in [-0.15, -0.1) is 11.8 Å². The van der Waals surface area contributed by atoms with Crippen LogP contribution in [0, 0.1) is 5.92 Å². The first-order valence-corrected chi connectivity index (χ1v) is 7.20. The van der Waals surface area contributed by atoms with Crippen molar-refractivity contribution in [3.8, 4) is 0 Å². The fourth-order valence-electron chi connectivity index (χ4n) is 2.22. The van der Waals surface area contributed by atoms with Crippen molar-refractivity contribution in [2.24, 2.45) is 5.92 Å². The van der Waals surface area contributed by atoms with Crippen molar-refractivity contribution in [3.05, 3.63) is 0 Å². The van der Waals surface area contributed by atoms with Crippen molar-refractivity contribution in [1.29, 1.82) is 0 Å². The topological polar surface area (TPSA) is 54.4 Å². The first-order valence-electron chi connectivity index (χ1n) is 4.89. The molecule has 2 rings (SSSR count). The fraction of sp³-hybridized carbons (Fsp3) is 0.889. The molecule has 3 atom stereocenters. The van der Waals surface area contributed by atoms with Crippen LogP contribution >= 0.6 is 11.8 Å². The molecule has 1 saturated carbocycles. The second-order valence-corrected chi connectivity index (χ2v) is 7.56. The van der Waals surface area contributed by atoms with Crippen LogP contribution < -0.4 is 0 Å². The van der Waals surface area contributed by atoms with Gasteiger partial charge in [-0.05, 0) is 31.4 Å². The minimum atomic E-state index is -0.812. The van der Waals surface area contributed by atoms with Gasteiger partial charge in [0.1, 0.15) is 0 Å². The van der Waals surface area contributed by atoms with E-state index in [4.69, 9.17) is 5.11 Å². The lowest BCUT2D eigenvalue weighted by atomic mass is 10.1. The van der Waals surface area contributed by atoms with Crippen molar-refractivity contribution in [1.82, 2.24) is 0 Å². The molecule has 3 nitrogen and oxygen atoms in total. The molecule has 1 N–H and O–H groups in total. The van der Waals surface area contributed by atoms with Gasteiger partial charge in [0.05, 0.1) is 10.00 Å². The van der Waals surface area contributed by atoms with Crippen LogP contribution in [0.15, 0.2) is 0 Å². The Hall–Kier alpha value is -0.0300. The van der Waals surface area contributed by atoms with Gasteiger partial charge in [0.15, 0.2) is 0 Å². The summed E-state index contributed by atoms with van der Waals surface area (Å²) in [6.45, 7) is 0. The van der Waals surface area contributed by atoms with Crippen LogP contribution in [0.5, 0.6) is 0 Å². The van der Waals surface area contributed by atoms with E-state index in [0.717, 1.165) is 24.3 Å². The quantitative estimate of drug-likeness (QED) is 0.746. The van der Waals surface area contributed by atoms with E-state index < -0.39 is 16.8 Å². The van der Waals surface area contributed by atoms with E-state index in [0.29, 0.717) is 12.8 Å². The smallest absolute Gasteiger partial charge is 0.306 e. The summed E-state index contributed by atoms with van der Waals surface area (Å²) in [7, 11) is -0.812. The summed E-state index contributed by atoms with van der Waals surface area (Å²) in [6, 6.07) is 0. The van der Waals surface area contributed by atoms with Crippen LogP contribution in [0.1, 0.15) is 25.7 Å². The molecule has 1 heterocycles. The Morgan fingerprint density at radius 2 is 2.36 bits per heavy atom. The Morgan fingerprint density at radius 3 is 2.93 bits per heavy atom. The predicted molar refractivity (Wildman–Crippen MR) is 57.8 cm³/mol. The van der Waals surface area contributed by atoms with E-state index in [1.165, 1.54) is 0 Å². The Balaban J connectivity index is 2.10. The lowest BCUT2D eigenvalue weighted by molar-refractivity contribution is -0.141. The second kappa shape index (κ2) is 3.85. The summed E-state index contributed by atoms with van der Waals surface area (Å²) in [5.74, 6) is 0.826. The molecule has 0 bridgehead atoms. The van der Waals surface area contributed by atoms with Gasteiger partial charge < -0.3 is 5.11 Å². The molecule has 14 heavy (non-hydrogen) atoms. The minimum Gasteiger partial charge on any atom is -0.481 e. The number of rotatable bonds is 1. The number of thioether (sulfide) groups is 1. The van der Waals surface area contributed by atoms with Crippen LogP contribution in [-0.2, 0) is 15.6 Å². The highest BCUT2D eigenvalue weighted by Crippen LogP contribution is 2.49. The molecular weight excluding hydrogens is 220 g/mol. The highest BCUT2D eigenvalue weighted by Gasteiger charge is 2.47. The zero-order valence-corrected chi connectivity index (χ0v) is 9.53. The lowest BCUT2D eigenvalue weighted by Gasteiger charge is -2.31. The molecule has 0 aromatic rings. The fourth-order valence-corrected chi connectivity index (χ4v) is 6.18. The molecule has 1 aliphatic carbocycles. The maximum atomic E-state index is 11.9. The van der Waals surface area contributed by atoms with Gasteiger partial charge in [-0.25, -0.2) is 0 Å². The van der Waals surface area contributed by atoms with Gasteiger partial charge >= 0.3 is 5.97 Å². The van der Waals surface area contributed by atoms with Crippen LogP contribution in [-0.4, -0.2) is 30.9 Å². The summed E-state index contributed by atoms with van der Waals surface area (Å²) in [5, 5.41) is 8.91. The number of hydrogen-bond acceptors (Lipinski definition) is 3. The van der Waals surface area contributed by atoms with Gasteiger partial charge in [0, 0.05) is 16.6 Å². The zero-order valence-electron chi connectivity index (χ0n) is 7.90. The van der Waals surface area contributed by atoms with Crippen molar-refractivity contribution in [2.75, 3.05) is 11.5 Å². The summed E-state index contributed by atoms with van der Waals surface area (Å²) in [6.07, 6.45) is 3.14. The summed E-state index contributed by atoms with van der Waals surface area (Å²) < 4.78 is 11.7. The molecule has 2 aliphatic rings. The van der Waals surface area contributed by atoms with Gasteiger partial charge in [-0.3, -0.25) is 9.00 Å². The average Bonchev–Trinajstić information content (AvgIpc) is 2.56. The average molecular weight is 234 g/mol. The molecule has 5 heteroatoms. The first kappa shape index (κ1) is 10.5. The van der Waals surface area contributed by atoms with E-state index in [1.54, 1.807) is 11.8 Å². The maximum Gasteiger partial charge on any atom is 0.306 e. The SMILES string of the molecule is O=C(O)[C@H]1CC[C@@]2(C1)SCCC[S@@]2=O. The Bertz CT molecular complexity index is 279. The van der Waals surface area contributed by atoms with E-state index in [-0.39, 0.29) is 10.00 Å². The van der Waals surface area contributed by atoms with Crippen LogP contribution in [0.25, 0.3) is 0 Å². The molecule has 80 valence electrons. The third-order valence-electron chi connectivity index (χ3n) is 3.03. The third kappa shape index (κ3) is 1.72. The van der Waals surface area contributed by atoms with Crippen LogP contribution in [0.4, 0.5) is 0 Å². The maximum absolute atomic E-state index is 11.9. The summed E-state index contributed by atoms with van der Waals surface area (Å²) in [4.78, 5) is 10.8. The summed E-state index contributed by atoms with van der Waals surface area (Å²) >= 11 is 1.74. The molecule has 0 radical (unpaired) electrons. The summed E-state index contributed by atoms with van der Waals surface area (Å²) in [5.41, 5.74) is 0. The van der Waals surface area contributed by atoms with Crippen LogP contribution in [0.2, 0.25) is 0 Å². The number of aliphatic carboxylic acids is 1. The lowest BCUT2D eigenvalue weighted by Crippen LogP contribution is -2.34. The molecule has 1 saturated heterocycles. The van der Waals surface area contributed by atoms with E-state index in [9.17, 15) is 9.00 Å². The van der Waals surface area contributed by atoms with Gasteiger partial charge in [0.25, 0.3) is 0 Å². The highest BCUT2D eigenvalue weighted by molar-refractivity contribution is 8.13. The normalized spacial score (nSPS) is 42.9. The highest BCUT2D eigenvalue weighted by atomic mass is 32.2. The monoisotopic (exact) mass is 234 g/mol. The molecule has 1 aliphatic heterocycles. The van der Waals surface area contributed by atoms with Gasteiger partial charge in [0.2, 0.25) is 0 Å². The second-order valence-electron chi connectivity index (χ2n) is 3.94. The Labute approximate surface area is 90.1 Å². The van der Waals surface area contributed by atoms with Crippen LogP contribution in [0.3, 0.4) is 0 Å². The van der Waals surface area contributed by atoms with Gasteiger partial charge in [-0.2, -0.15) is 0 Å².